The van der Waals surface area contributed by atoms with Crippen molar-refractivity contribution in [3.8, 4) is 5.75 Å². The third-order valence-electron chi connectivity index (χ3n) is 2.95. The van der Waals surface area contributed by atoms with E-state index in [4.69, 9.17) is 13.9 Å². The molecule has 0 radical (unpaired) electrons. The summed E-state index contributed by atoms with van der Waals surface area (Å²) in [5, 5.41) is 0. The predicted octanol–water partition coefficient (Wildman–Crippen LogP) is 3.34. The minimum atomic E-state index is -0.798. The van der Waals surface area contributed by atoms with Gasteiger partial charge in [0.2, 0.25) is 0 Å². The van der Waals surface area contributed by atoms with Crippen LogP contribution in [0.3, 0.4) is 0 Å². The van der Waals surface area contributed by atoms with Crippen molar-refractivity contribution in [2.24, 2.45) is 0 Å². The Kier molecular flexibility index (Phi) is 5.81. The quantitative estimate of drug-likeness (QED) is 0.713. The number of esters is 2. The minimum absolute atomic E-state index is 0.176. The molecule has 1 unspecified atom stereocenters. The maximum Gasteiger partial charge on any atom is 0.347 e. The van der Waals surface area contributed by atoms with Crippen LogP contribution in [-0.2, 0) is 20.9 Å². The molecule has 6 nitrogen and oxygen atoms in total. The van der Waals surface area contributed by atoms with E-state index in [9.17, 15) is 9.59 Å². The summed E-state index contributed by atoms with van der Waals surface area (Å²) in [6, 6.07) is 8.53. The van der Waals surface area contributed by atoms with Gasteiger partial charge in [-0.25, -0.2) is 9.59 Å². The third-order valence-corrected chi connectivity index (χ3v) is 3.48. The highest BCUT2D eigenvalue weighted by Gasteiger charge is 2.20. The van der Waals surface area contributed by atoms with E-state index in [-0.39, 0.29) is 17.9 Å². The van der Waals surface area contributed by atoms with Crippen molar-refractivity contribution in [1.29, 1.82) is 0 Å². The van der Waals surface area contributed by atoms with E-state index in [1.165, 1.54) is 19.4 Å². The number of ether oxygens (including phenoxy) is 3. The minimum Gasteiger partial charge on any atom is -0.479 e. The maximum absolute atomic E-state index is 11.9. The molecule has 122 valence electrons. The molecular weight excluding hydrogens is 368 g/mol. The van der Waals surface area contributed by atoms with Crippen LogP contribution in [0, 0.1) is 0 Å². The van der Waals surface area contributed by atoms with Crippen LogP contribution >= 0.6 is 15.9 Å². The van der Waals surface area contributed by atoms with Gasteiger partial charge in [0.05, 0.1) is 13.4 Å². The second-order valence-electron chi connectivity index (χ2n) is 4.57. The Bertz CT molecular complexity index is 676. The van der Waals surface area contributed by atoms with Crippen molar-refractivity contribution < 1.29 is 28.2 Å². The lowest BCUT2D eigenvalue weighted by atomic mass is 10.2. The first-order valence-corrected chi connectivity index (χ1v) is 7.54. The molecular formula is C16H15BrO6. The molecule has 2 rings (SSSR count). The van der Waals surface area contributed by atoms with Crippen LogP contribution in [0.5, 0.6) is 5.75 Å². The molecule has 1 heterocycles. The van der Waals surface area contributed by atoms with Gasteiger partial charge < -0.3 is 18.6 Å². The average Bonchev–Trinajstić information content (AvgIpc) is 3.02. The van der Waals surface area contributed by atoms with Crippen LogP contribution in [0.1, 0.15) is 23.0 Å². The zero-order valence-corrected chi connectivity index (χ0v) is 14.2. The first-order chi connectivity index (χ1) is 11.0. The Labute approximate surface area is 141 Å². The Morgan fingerprint density at radius 1 is 1.22 bits per heavy atom. The molecule has 0 bridgehead atoms. The number of carbonyl (C=O) groups excluding carboxylic acids is 2. The molecule has 0 saturated heterocycles. The molecule has 0 N–H and O–H groups in total. The third kappa shape index (κ3) is 4.59. The fourth-order valence-electron chi connectivity index (χ4n) is 1.76. The molecule has 1 aromatic heterocycles. The Morgan fingerprint density at radius 3 is 2.57 bits per heavy atom. The molecule has 0 aliphatic rings. The molecule has 0 saturated carbocycles. The molecule has 0 amide bonds. The summed E-state index contributed by atoms with van der Waals surface area (Å²) >= 11 is 3.32. The summed E-state index contributed by atoms with van der Waals surface area (Å²) in [7, 11) is 1.26. The Hall–Kier alpha value is -2.28. The van der Waals surface area contributed by atoms with Gasteiger partial charge in [-0.1, -0.05) is 15.9 Å². The highest BCUT2D eigenvalue weighted by atomic mass is 79.9. The fraction of sp³-hybridized carbons (Fsp3) is 0.250. The van der Waals surface area contributed by atoms with Gasteiger partial charge in [-0.15, -0.1) is 0 Å². The Balaban J connectivity index is 1.90. The van der Waals surface area contributed by atoms with Crippen LogP contribution in [0.15, 0.2) is 45.5 Å². The number of benzene rings is 1. The van der Waals surface area contributed by atoms with Crippen LogP contribution in [0.2, 0.25) is 0 Å². The van der Waals surface area contributed by atoms with Gasteiger partial charge in [0.25, 0.3) is 0 Å². The summed E-state index contributed by atoms with van der Waals surface area (Å²) < 4.78 is 21.2. The fourth-order valence-corrected chi connectivity index (χ4v) is 2.03. The maximum atomic E-state index is 11.9. The first kappa shape index (κ1) is 17.1. The molecule has 7 heteroatoms. The zero-order valence-electron chi connectivity index (χ0n) is 12.6. The molecule has 0 fully saturated rings. The molecule has 1 aromatic carbocycles. The van der Waals surface area contributed by atoms with Gasteiger partial charge in [-0.2, -0.15) is 0 Å². The number of hydrogen-bond acceptors (Lipinski definition) is 6. The zero-order chi connectivity index (χ0) is 16.8. The van der Waals surface area contributed by atoms with E-state index < -0.39 is 18.0 Å². The lowest BCUT2D eigenvalue weighted by molar-refractivity contribution is -0.153. The van der Waals surface area contributed by atoms with Crippen molar-refractivity contribution >= 4 is 27.9 Å². The highest BCUT2D eigenvalue weighted by Crippen LogP contribution is 2.18. The predicted molar refractivity (Wildman–Crippen MR) is 84.1 cm³/mol. The van der Waals surface area contributed by atoms with Gasteiger partial charge in [-0.3, -0.25) is 0 Å². The topological polar surface area (TPSA) is 75.0 Å². The SMILES string of the molecule is COC(=O)c1ccoc1COC(=O)C(C)Oc1ccc(Br)cc1. The largest absolute Gasteiger partial charge is 0.479 e. The van der Waals surface area contributed by atoms with Gasteiger partial charge in [0.1, 0.15) is 17.9 Å². The van der Waals surface area contributed by atoms with Gasteiger partial charge in [0.15, 0.2) is 11.9 Å². The number of hydrogen-bond donors (Lipinski definition) is 0. The number of halogens is 1. The van der Waals surface area contributed by atoms with Gasteiger partial charge >= 0.3 is 11.9 Å². The van der Waals surface area contributed by atoms with Crippen LogP contribution in [0.25, 0.3) is 0 Å². The van der Waals surface area contributed by atoms with Gasteiger partial charge in [-0.05, 0) is 37.3 Å². The smallest absolute Gasteiger partial charge is 0.347 e. The first-order valence-electron chi connectivity index (χ1n) is 6.75. The van der Waals surface area contributed by atoms with Crippen molar-refractivity contribution in [1.82, 2.24) is 0 Å². The van der Waals surface area contributed by atoms with E-state index in [0.717, 1.165) is 4.47 Å². The monoisotopic (exact) mass is 382 g/mol. The molecule has 1 atom stereocenters. The standard InChI is InChI=1S/C16H15BrO6/c1-10(23-12-5-3-11(17)4-6-12)15(18)22-9-14-13(7-8-21-14)16(19)20-2/h3-8,10H,9H2,1-2H3. The highest BCUT2D eigenvalue weighted by molar-refractivity contribution is 9.10. The Morgan fingerprint density at radius 2 is 1.91 bits per heavy atom. The summed E-state index contributed by atoms with van der Waals surface area (Å²) in [5.74, 6) is -0.351. The molecule has 0 aliphatic carbocycles. The number of furan rings is 1. The lowest BCUT2D eigenvalue weighted by Crippen LogP contribution is -2.26. The molecule has 23 heavy (non-hydrogen) atoms. The lowest BCUT2D eigenvalue weighted by Gasteiger charge is -2.13. The summed E-state index contributed by atoms with van der Waals surface area (Å²) in [4.78, 5) is 23.4. The molecule has 2 aromatic rings. The summed E-state index contributed by atoms with van der Waals surface area (Å²) in [6.45, 7) is 1.40. The van der Waals surface area contributed by atoms with Crippen molar-refractivity contribution in [3.05, 3.63) is 52.4 Å². The van der Waals surface area contributed by atoms with E-state index in [2.05, 4.69) is 20.7 Å². The number of carbonyl (C=O) groups is 2. The van der Waals surface area contributed by atoms with E-state index >= 15 is 0 Å². The normalized spacial score (nSPS) is 11.6. The van der Waals surface area contributed by atoms with E-state index in [0.29, 0.717) is 5.75 Å². The van der Waals surface area contributed by atoms with Crippen molar-refractivity contribution in [2.45, 2.75) is 19.6 Å². The van der Waals surface area contributed by atoms with Crippen LogP contribution < -0.4 is 4.74 Å². The van der Waals surface area contributed by atoms with Crippen LogP contribution in [-0.4, -0.2) is 25.2 Å². The second kappa shape index (κ2) is 7.82. The summed E-state index contributed by atoms with van der Waals surface area (Å²) in [6.07, 6.45) is 0.532. The van der Waals surface area contributed by atoms with Crippen molar-refractivity contribution in [2.75, 3.05) is 7.11 Å². The van der Waals surface area contributed by atoms with E-state index in [1.807, 2.05) is 0 Å². The number of rotatable bonds is 6. The average molecular weight is 383 g/mol. The van der Waals surface area contributed by atoms with Gasteiger partial charge in [0, 0.05) is 4.47 Å². The summed E-state index contributed by atoms with van der Waals surface area (Å²) in [5.41, 5.74) is 0.224. The number of methoxy groups -OCH3 is 1. The van der Waals surface area contributed by atoms with Crippen molar-refractivity contribution in [3.63, 3.8) is 0 Å². The second-order valence-corrected chi connectivity index (χ2v) is 5.49. The van der Waals surface area contributed by atoms with E-state index in [1.54, 1.807) is 31.2 Å². The van der Waals surface area contributed by atoms with Crippen LogP contribution in [0.4, 0.5) is 0 Å². The molecule has 0 spiro atoms. The molecule has 0 aliphatic heterocycles.